The van der Waals surface area contributed by atoms with E-state index < -0.39 is 23.7 Å². The SMILES string of the molecule is CC(C)(C)OC(=O)N1CCC(=CCn2cc(NC(=O)c3c(=O)[nH]n4cccnc34)c(-c3cc(Cl)ccc3OC(F)F)n2)CC1. The normalized spacial score (nSPS) is 13.8. The second kappa shape index (κ2) is 12.5. The van der Waals surface area contributed by atoms with E-state index in [0.717, 1.165) is 5.57 Å². The highest BCUT2D eigenvalue weighted by atomic mass is 35.5. The summed E-state index contributed by atoms with van der Waals surface area (Å²) in [5.41, 5.74) is 0.0527. The number of piperidine rings is 1. The fourth-order valence-corrected chi connectivity index (χ4v) is 4.90. The van der Waals surface area contributed by atoms with E-state index in [1.165, 1.54) is 46.0 Å². The third-order valence-electron chi connectivity index (χ3n) is 6.69. The van der Waals surface area contributed by atoms with Crippen LogP contribution in [0.1, 0.15) is 44.0 Å². The minimum Gasteiger partial charge on any atom is -0.444 e. The number of ether oxygens (including phenoxy) is 2. The Bertz CT molecular complexity index is 1780. The Kier molecular flexibility index (Phi) is 8.72. The maximum absolute atomic E-state index is 13.4. The van der Waals surface area contributed by atoms with Crippen molar-refractivity contribution < 1.29 is 27.8 Å². The Balaban J connectivity index is 1.43. The third-order valence-corrected chi connectivity index (χ3v) is 6.93. The molecule has 4 aromatic rings. The number of aromatic amines is 1. The van der Waals surface area contributed by atoms with Gasteiger partial charge in [0, 0.05) is 42.3 Å². The van der Waals surface area contributed by atoms with Crippen LogP contribution < -0.4 is 15.6 Å². The molecule has 44 heavy (non-hydrogen) atoms. The lowest BCUT2D eigenvalue weighted by atomic mass is 10.0. The van der Waals surface area contributed by atoms with Crippen LogP contribution in [-0.2, 0) is 11.3 Å². The van der Waals surface area contributed by atoms with Gasteiger partial charge < -0.3 is 19.7 Å². The summed E-state index contributed by atoms with van der Waals surface area (Å²) in [6.07, 6.45) is 7.36. The number of alkyl halides is 2. The van der Waals surface area contributed by atoms with E-state index in [2.05, 4.69) is 20.5 Å². The van der Waals surface area contributed by atoms with E-state index in [1.807, 2.05) is 26.8 Å². The van der Waals surface area contributed by atoms with Gasteiger partial charge in [0.1, 0.15) is 17.0 Å². The molecule has 3 aromatic heterocycles. The molecular weight excluding hydrogens is 600 g/mol. The standard InChI is InChI=1S/C29H30ClF2N7O5/c1-29(2,3)44-28(42)37-12-7-17(8-13-37)9-14-38-16-20(23(35-38)19-15-18(30)5-6-21(19)43-27(31)32)34-25(40)22-24-33-10-4-11-39(24)36-26(22)41/h4-6,9-11,15-16,27H,7-8,12-14H2,1-3H3,(H,34,40)(H,36,41). The summed E-state index contributed by atoms with van der Waals surface area (Å²) in [5, 5.41) is 9.98. The number of hydrogen-bond donors (Lipinski definition) is 2. The van der Waals surface area contributed by atoms with Crippen molar-refractivity contribution in [1.82, 2.24) is 29.3 Å². The van der Waals surface area contributed by atoms with Crippen LogP contribution in [0.3, 0.4) is 0 Å². The highest BCUT2D eigenvalue weighted by Crippen LogP contribution is 2.37. The molecule has 0 unspecified atom stereocenters. The predicted octanol–water partition coefficient (Wildman–Crippen LogP) is 5.35. The van der Waals surface area contributed by atoms with Crippen LogP contribution in [0.5, 0.6) is 5.75 Å². The van der Waals surface area contributed by atoms with Gasteiger partial charge in [0.15, 0.2) is 11.2 Å². The second-order valence-electron chi connectivity index (χ2n) is 11.0. The molecule has 15 heteroatoms. The van der Waals surface area contributed by atoms with Crippen molar-refractivity contribution in [3.8, 4) is 17.0 Å². The Morgan fingerprint density at radius 2 is 1.98 bits per heavy atom. The molecule has 0 atom stereocenters. The zero-order valence-corrected chi connectivity index (χ0v) is 24.9. The number of allylic oxidation sites excluding steroid dienone is 1. The topological polar surface area (TPSA) is 136 Å². The van der Waals surface area contributed by atoms with Crippen LogP contribution >= 0.6 is 11.6 Å². The summed E-state index contributed by atoms with van der Waals surface area (Å²) in [6, 6.07) is 5.66. The highest BCUT2D eigenvalue weighted by molar-refractivity contribution is 6.31. The minimum atomic E-state index is -3.12. The lowest BCUT2D eigenvalue weighted by Gasteiger charge is -2.31. The first-order chi connectivity index (χ1) is 20.9. The summed E-state index contributed by atoms with van der Waals surface area (Å²) in [5.74, 6) is -0.980. The lowest BCUT2D eigenvalue weighted by molar-refractivity contribution is -0.0494. The highest BCUT2D eigenvalue weighted by Gasteiger charge is 2.26. The van der Waals surface area contributed by atoms with E-state index in [4.69, 9.17) is 21.1 Å². The molecule has 5 rings (SSSR count). The summed E-state index contributed by atoms with van der Waals surface area (Å²) >= 11 is 6.20. The van der Waals surface area contributed by atoms with E-state index in [0.29, 0.717) is 25.9 Å². The Morgan fingerprint density at radius 1 is 1.23 bits per heavy atom. The number of hydrogen-bond acceptors (Lipinski definition) is 7. The van der Waals surface area contributed by atoms with Gasteiger partial charge in [-0.2, -0.15) is 13.9 Å². The number of fused-ring (bicyclic) bond motifs is 1. The molecule has 1 saturated heterocycles. The molecule has 4 heterocycles. The maximum atomic E-state index is 13.4. The van der Waals surface area contributed by atoms with Gasteiger partial charge in [-0.1, -0.05) is 23.3 Å². The number of carbonyl (C=O) groups is 2. The third kappa shape index (κ3) is 7.08. The number of halogens is 3. The Labute approximate surface area is 255 Å². The summed E-state index contributed by atoms with van der Waals surface area (Å²) in [6.45, 7) is 3.59. The van der Waals surface area contributed by atoms with Crippen LogP contribution in [0.4, 0.5) is 19.3 Å². The van der Waals surface area contributed by atoms with Crippen molar-refractivity contribution in [2.75, 3.05) is 18.4 Å². The first-order valence-electron chi connectivity index (χ1n) is 13.7. The molecule has 2 amide bonds. The molecule has 0 bridgehead atoms. The molecule has 1 aliphatic rings. The van der Waals surface area contributed by atoms with E-state index in [-0.39, 0.29) is 51.6 Å². The van der Waals surface area contributed by atoms with Gasteiger partial charge in [-0.3, -0.25) is 19.4 Å². The van der Waals surface area contributed by atoms with E-state index >= 15 is 0 Å². The zero-order valence-electron chi connectivity index (χ0n) is 24.1. The number of H-pyrrole nitrogens is 1. The van der Waals surface area contributed by atoms with Crippen molar-refractivity contribution in [2.45, 2.75) is 52.4 Å². The molecule has 0 spiro atoms. The molecule has 2 N–H and O–H groups in total. The van der Waals surface area contributed by atoms with Gasteiger partial charge in [0.25, 0.3) is 11.5 Å². The number of amides is 2. The zero-order chi connectivity index (χ0) is 31.6. The number of likely N-dealkylation sites (tertiary alicyclic amines) is 1. The average Bonchev–Trinajstić information content (AvgIpc) is 3.51. The Morgan fingerprint density at radius 3 is 2.68 bits per heavy atom. The van der Waals surface area contributed by atoms with Gasteiger partial charge in [-0.15, -0.1) is 0 Å². The van der Waals surface area contributed by atoms with E-state index in [1.54, 1.807) is 11.0 Å². The minimum absolute atomic E-state index is 0.0996. The number of anilines is 1. The second-order valence-corrected chi connectivity index (χ2v) is 11.5. The van der Waals surface area contributed by atoms with Crippen molar-refractivity contribution in [1.29, 1.82) is 0 Å². The number of benzene rings is 1. The number of carbonyl (C=O) groups excluding carboxylic acids is 2. The summed E-state index contributed by atoms with van der Waals surface area (Å²) < 4.78 is 39.5. The van der Waals surface area contributed by atoms with Crippen LogP contribution in [0.2, 0.25) is 5.02 Å². The van der Waals surface area contributed by atoms with Gasteiger partial charge in [-0.05, 0) is 57.9 Å². The molecule has 1 aliphatic heterocycles. The molecular formula is C29H30ClF2N7O5. The van der Waals surface area contributed by atoms with Crippen molar-refractivity contribution in [2.24, 2.45) is 0 Å². The van der Waals surface area contributed by atoms with Gasteiger partial charge in [-0.25, -0.2) is 14.3 Å². The smallest absolute Gasteiger partial charge is 0.410 e. The monoisotopic (exact) mass is 629 g/mol. The Hall–Kier alpha value is -4.72. The lowest BCUT2D eigenvalue weighted by Crippen LogP contribution is -2.40. The maximum Gasteiger partial charge on any atom is 0.410 e. The van der Waals surface area contributed by atoms with Crippen LogP contribution in [0, 0.1) is 0 Å². The van der Waals surface area contributed by atoms with Gasteiger partial charge >= 0.3 is 12.7 Å². The molecule has 232 valence electrons. The number of rotatable bonds is 7. The van der Waals surface area contributed by atoms with Crippen LogP contribution in [0.15, 0.2) is 59.3 Å². The molecule has 0 saturated carbocycles. The summed E-state index contributed by atoms with van der Waals surface area (Å²) in [4.78, 5) is 44.1. The number of nitrogens with one attached hydrogen (secondary N) is 2. The fraction of sp³-hybridized carbons (Fsp3) is 0.345. The van der Waals surface area contributed by atoms with Crippen molar-refractivity contribution in [3.05, 3.63) is 75.4 Å². The largest absolute Gasteiger partial charge is 0.444 e. The molecule has 12 nitrogen and oxygen atoms in total. The van der Waals surface area contributed by atoms with Crippen LogP contribution in [-0.4, -0.2) is 66.6 Å². The van der Waals surface area contributed by atoms with Crippen molar-refractivity contribution >= 4 is 34.9 Å². The molecule has 0 aliphatic carbocycles. The number of nitrogens with zero attached hydrogens (tertiary/aromatic N) is 5. The number of aromatic nitrogens is 5. The predicted molar refractivity (Wildman–Crippen MR) is 158 cm³/mol. The van der Waals surface area contributed by atoms with Gasteiger partial charge in [0.05, 0.1) is 12.2 Å². The summed E-state index contributed by atoms with van der Waals surface area (Å²) in [7, 11) is 0. The fourth-order valence-electron chi connectivity index (χ4n) is 4.72. The van der Waals surface area contributed by atoms with E-state index in [9.17, 15) is 23.2 Å². The first kappa shape index (κ1) is 30.7. The van der Waals surface area contributed by atoms with Gasteiger partial charge in [0.2, 0.25) is 0 Å². The van der Waals surface area contributed by atoms with Crippen LogP contribution in [0.25, 0.3) is 16.9 Å². The average molecular weight is 630 g/mol. The molecule has 0 radical (unpaired) electrons. The first-order valence-corrected chi connectivity index (χ1v) is 14.1. The quantitative estimate of drug-likeness (QED) is 0.263. The van der Waals surface area contributed by atoms with Crippen molar-refractivity contribution in [3.63, 3.8) is 0 Å². The molecule has 1 aromatic carbocycles. The molecule has 1 fully saturated rings.